The van der Waals surface area contributed by atoms with Gasteiger partial charge in [0.15, 0.2) is 5.79 Å². The summed E-state index contributed by atoms with van der Waals surface area (Å²) in [6.07, 6.45) is 9.40. The second-order valence-electron chi connectivity index (χ2n) is 7.29. The summed E-state index contributed by atoms with van der Waals surface area (Å²) in [5, 5.41) is 0. The lowest BCUT2D eigenvalue weighted by Gasteiger charge is -2.38. The molecule has 25 heavy (non-hydrogen) atoms. The highest BCUT2D eigenvalue weighted by Crippen LogP contribution is 2.31. The maximum absolute atomic E-state index is 12.6. The third-order valence-corrected chi connectivity index (χ3v) is 5.55. The predicted octanol–water partition coefficient (Wildman–Crippen LogP) is 2.09. The van der Waals surface area contributed by atoms with E-state index in [0.29, 0.717) is 45.7 Å². The predicted molar refractivity (Wildman–Crippen MR) is 93.9 cm³/mol. The number of hydrogen-bond donors (Lipinski definition) is 0. The Hall–Kier alpha value is -1.40. The summed E-state index contributed by atoms with van der Waals surface area (Å²) in [5.74, 6) is -0.466. The van der Waals surface area contributed by atoms with Crippen LogP contribution in [0.4, 0.5) is 0 Å². The molecule has 0 saturated carbocycles. The maximum Gasteiger partial charge on any atom is 0.242 e. The molecule has 0 atom stereocenters. The molecule has 2 fully saturated rings. The summed E-state index contributed by atoms with van der Waals surface area (Å²) in [4.78, 5) is 28.1. The van der Waals surface area contributed by atoms with Crippen LogP contribution < -0.4 is 0 Å². The van der Waals surface area contributed by atoms with Crippen LogP contribution in [0.3, 0.4) is 0 Å². The standard InChI is InChI=1S/C19H30N2O4/c1-16(22)21(10-7-17-5-3-2-4-6-17)15-18(23)20-11-8-19(9-12-20)24-13-14-25-19/h5H,2-4,6-15H2,1H3. The molecule has 0 N–H and O–H groups in total. The Bertz CT molecular complexity index is 516. The van der Waals surface area contributed by atoms with Crippen LogP contribution in [0.5, 0.6) is 0 Å². The average molecular weight is 350 g/mol. The Labute approximate surface area is 150 Å². The van der Waals surface area contributed by atoms with Crippen molar-refractivity contribution in [1.82, 2.24) is 9.80 Å². The summed E-state index contributed by atoms with van der Waals surface area (Å²) < 4.78 is 11.4. The largest absolute Gasteiger partial charge is 0.347 e. The van der Waals surface area contributed by atoms with Gasteiger partial charge in [-0.3, -0.25) is 9.59 Å². The Balaban J connectivity index is 1.47. The van der Waals surface area contributed by atoms with Gasteiger partial charge in [0, 0.05) is 39.4 Å². The quantitative estimate of drug-likeness (QED) is 0.713. The van der Waals surface area contributed by atoms with Crippen LogP contribution in [0, 0.1) is 0 Å². The highest BCUT2D eigenvalue weighted by atomic mass is 16.7. The van der Waals surface area contributed by atoms with Gasteiger partial charge in [0.1, 0.15) is 0 Å². The smallest absolute Gasteiger partial charge is 0.242 e. The molecular formula is C19H30N2O4. The summed E-state index contributed by atoms with van der Waals surface area (Å²) in [5.41, 5.74) is 1.43. The van der Waals surface area contributed by atoms with Gasteiger partial charge in [-0.05, 0) is 32.1 Å². The molecule has 140 valence electrons. The Kier molecular flexibility index (Phi) is 6.12. The molecule has 0 bridgehead atoms. The minimum Gasteiger partial charge on any atom is -0.347 e. The van der Waals surface area contributed by atoms with E-state index in [9.17, 15) is 9.59 Å². The van der Waals surface area contributed by atoms with Crippen molar-refractivity contribution in [3.63, 3.8) is 0 Å². The van der Waals surface area contributed by atoms with Crippen molar-refractivity contribution in [2.45, 2.75) is 57.7 Å². The van der Waals surface area contributed by atoms with Gasteiger partial charge in [-0.15, -0.1) is 0 Å². The van der Waals surface area contributed by atoms with Gasteiger partial charge in [0.2, 0.25) is 11.8 Å². The summed E-state index contributed by atoms with van der Waals surface area (Å²) in [6, 6.07) is 0. The highest BCUT2D eigenvalue weighted by Gasteiger charge is 2.40. The fourth-order valence-electron chi connectivity index (χ4n) is 3.90. The molecule has 0 unspecified atom stereocenters. The normalized spacial score (nSPS) is 22.8. The van der Waals surface area contributed by atoms with Gasteiger partial charge in [0.25, 0.3) is 0 Å². The first kappa shape index (κ1) is 18.4. The van der Waals surface area contributed by atoms with E-state index in [4.69, 9.17) is 9.47 Å². The first-order chi connectivity index (χ1) is 12.1. The van der Waals surface area contributed by atoms with Crippen LogP contribution in [0.1, 0.15) is 51.9 Å². The van der Waals surface area contributed by atoms with E-state index in [1.165, 1.54) is 18.4 Å². The van der Waals surface area contributed by atoms with E-state index in [-0.39, 0.29) is 18.4 Å². The monoisotopic (exact) mass is 350 g/mol. The molecule has 6 nitrogen and oxygen atoms in total. The number of ether oxygens (including phenoxy) is 2. The second-order valence-corrected chi connectivity index (χ2v) is 7.29. The van der Waals surface area contributed by atoms with Crippen LogP contribution in [0.25, 0.3) is 0 Å². The number of hydrogen-bond acceptors (Lipinski definition) is 4. The van der Waals surface area contributed by atoms with E-state index in [1.807, 2.05) is 4.90 Å². The molecule has 2 saturated heterocycles. The highest BCUT2D eigenvalue weighted by molar-refractivity contribution is 5.83. The summed E-state index contributed by atoms with van der Waals surface area (Å²) in [7, 11) is 0. The zero-order chi connectivity index (χ0) is 17.7. The van der Waals surface area contributed by atoms with Crippen molar-refractivity contribution in [2.24, 2.45) is 0 Å². The van der Waals surface area contributed by atoms with Gasteiger partial charge < -0.3 is 19.3 Å². The van der Waals surface area contributed by atoms with E-state index < -0.39 is 5.79 Å². The van der Waals surface area contributed by atoms with Gasteiger partial charge in [-0.1, -0.05) is 11.6 Å². The Morgan fingerprint density at radius 2 is 1.92 bits per heavy atom. The number of carbonyl (C=O) groups is 2. The average Bonchev–Trinajstić information content (AvgIpc) is 3.07. The molecule has 1 spiro atoms. The van der Waals surface area contributed by atoms with Gasteiger partial charge in [-0.25, -0.2) is 0 Å². The van der Waals surface area contributed by atoms with Crippen LogP contribution in [-0.2, 0) is 19.1 Å². The van der Waals surface area contributed by atoms with Gasteiger partial charge >= 0.3 is 0 Å². The van der Waals surface area contributed by atoms with Gasteiger partial charge in [-0.2, -0.15) is 0 Å². The second kappa shape index (κ2) is 8.32. The molecule has 2 heterocycles. The van der Waals surface area contributed by atoms with Gasteiger partial charge in [0.05, 0.1) is 19.8 Å². The molecule has 1 aliphatic carbocycles. The Morgan fingerprint density at radius 3 is 2.52 bits per heavy atom. The summed E-state index contributed by atoms with van der Waals surface area (Å²) in [6.45, 7) is 4.91. The van der Waals surface area contributed by atoms with Crippen molar-refractivity contribution < 1.29 is 19.1 Å². The zero-order valence-corrected chi connectivity index (χ0v) is 15.3. The van der Waals surface area contributed by atoms with E-state index in [2.05, 4.69) is 6.08 Å². The molecule has 6 heteroatoms. The van der Waals surface area contributed by atoms with Crippen molar-refractivity contribution in [3.8, 4) is 0 Å². The molecule has 0 radical (unpaired) electrons. The molecule has 2 aliphatic heterocycles. The third-order valence-electron chi connectivity index (χ3n) is 5.55. The van der Waals surface area contributed by atoms with Crippen LogP contribution in [0.2, 0.25) is 0 Å². The number of allylic oxidation sites excluding steroid dienone is 1. The minimum atomic E-state index is -0.468. The number of carbonyl (C=O) groups excluding carboxylic acids is 2. The lowest BCUT2D eigenvalue weighted by molar-refractivity contribution is -0.187. The molecule has 2 amide bonds. The lowest BCUT2D eigenvalue weighted by Crippen LogP contribution is -2.50. The molecule has 3 aliphatic rings. The zero-order valence-electron chi connectivity index (χ0n) is 15.3. The molecule has 0 aromatic carbocycles. The number of rotatable bonds is 5. The molecule has 3 rings (SSSR count). The fourth-order valence-corrected chi connectivity index (χ4v) is 3.90. The van der Waals surface area contributed by atoms with Crippen molar-refractivity contribution >= 4 is 11.8 Å². The van der Waals surface area contributed by atoms with Crippen LogP contribution >= 0.6 is 0 Å². The maximum atomic E-state index is 12.6. The minimum absolute atomic E-state index is 0.0271. The fraction of sp³-hybridized carbons (Fsp3) is 0.789. The SMILES string of the molecule is CC(=O)N(CCC1=CCCCC1)CC(=O)N1CCC2(CC1)OCCO2. The van der Waals surface area contributed by atoms with Crippen molar-refractivity contribution in [2.75, 3.05) is 39.4 Å². The van der Waals surface area contributed by atoms with E-state index >= 15 is 0 Å². The first-order valence-electron chi connectivity index (χ1n) is 9.57. The van der Waals surface area contributed by atoms with Crippen LogP contribution in [0.15, 0.2) is 11.6 Å². The summed E-state index contributed by atoms with van der Waals surface area (Å²) >= 11 is 0. The number of piperidine rings is 1. The Morgan fingerprint density at radius 1 is 1.20 bits per heavy atom. The molecule has 0 aromatic heterocycles. The molecular weight excluding hydrogens is 320 g/mol. The lowest BCUT2D eigenvalue weighted by atomic mass is 9.97. The first-order valence-corrected chi connectivity index (χ1v) is 9.57. The van der Waals surface area contributed by atoms with Crippen molar-refractivity contribution in [1.29, 1.82) is 0 Å². The topological polar surface area (TPSA) is 59.1 Å². The number of amides is 2. The molecule has 0 aromatic rings. The number of likely N-dealkylation sites (tertiary alicyclic amines) is 1. The van der Waals surface area contributed by atoms with E-state index in [1.54, 1.807) is 11.8 Å². The van der Waals surface area contributed by atoms with Crippen LogP contribution in [-0.4, -0.2) is 66.8 Å². The van der Waals surface area contributed by atoms with E-state index in [0.717, 1.165) is 19.3 Å². The van der Waals surface area contributed by atoms with Crippen molar-refractivity contribution in [3.05, 3.63) is 11.6 Å². The third kappa shape index (κ3) is 4.82. The number of nitrogens with zero attached hydrogens (tertiary/aromatic N) is 2.